The Labute approximate surface area is 101 Å². The van der Waals surface area contributed by atoms with Crippen molar-refractivity contribution in [3.63, 3.8) is 0 Å². The minimum Gasteiger partial charge on any atom is -0.504 e. The number of aromatic hydroxyl groups is 1. The fourth-order valence-corrected chi connectivity index (χ4v) is 2.04. The number of rotatable bonds is 3. The van der Waals surface area contributed by atoms with E-state index in [0.29, 0.717) is 31.3 Å². The van der Waals surface area contributed by atoms with Gasteiger partial charge in [0.05, 0.1) is 13.2 Å². The van der Waals surface area contributed by atoms with Gasteiger partial charge in [0.1, 0.15) is 0 Å². The van der Waals surface area contributed by atoms with Crippen LogP contribution in [0.25, 0.3) is 0 Å². The topological polar surface area (TPSA) is 64.7 Å². The molecule has 0 aliphatic carbocycles. The Morgan fingerprint density at radius 1 is 1.35 bits per heavy atom. The Balaban J connectivity index is 2.33. The van der Waals surface area contributed by atoms with E-state index in [0.717, 1.165) is 18.4 Å². The van der Waals surface area contributed by atoms with Crippen molar-refractivity contribution in [2.75, 3.05) is 19.8 Å². The van der Waals surface area contributed by atoms with Gasteiger partial charge in [-0.05, 0) is 24.9 Å². The Kier molecular flexibility index (Phi) is 3.74. The van der Waals surface area contributed by atoms with Crippen LogP contribution in [0.4, 0.5) is 0 Å². The van der Waals surface area contributed by atoms with Crippen molar-refractivity contribution in [2.24, 2.45) is 5.73 Å². The molecule has 1 unspecified atom stereocenters. The molecule has 0 fully saturated rings. The minimum absolute atomic E-state index is 0.199. The summed E-state index contributed by atoms with van der Waals surface area (Å²) in [6.07, 6.45) is 1.68. The van der Waals surface area contributed by atoms with Gasteiger partial charge in [-0.3, -0.25) is 0 Å². The third-order valence-electron chi connectivity index (χ3n) is 3.05. The molecule has 4 nitrogen and oxygen atoms in total. The zero-order valence-electron chi connectivity index (χ0n) is 10.1. The molecule has 3 N–H and O–H groups in total. The largest absolute Gasteiger partial charge is 0.504 e. The van der Waals surface area contributed by atoms with Crippen molar-refractivity contribution in [1.29, 1.82) is 0 Å². The summed E-state index contributed by atoms with van der Waals surface area (Å²) in [5, 5.41) is 10.2. The third kappa shape index (κ3) is 2.47. The highest BCUT2D eigenvalue weighted by Crippen LogP contribution is 2.43. The van der Waals surface area contributed by atoms with Gasteiger partial charge in [-0.25, -0.2) is 0 Å². The van der Waals surface area contributed by atoms with Crippen LogP contribution < -0.4 is 15.2 Å². The predicted molar refractivity (Wildman–Crippen MR) is 65.8 cm³/mol. The Hall–Kier alpha value is -1.42. The molecule has 17 heavy (non-hydrogen) atoms. The first-order valence-corrected chi connectivity index (χ1v) is 6.05. The minimum atomic E-state index is 0.199. The van der Waals surface area contributed by atoms with Crippen LogP contribution in [0.5, 0.6) is 17.2 Å². The molecular formula is C13H19NO3. The summed E-state index contributed by atoms with van der Waals surface area (Å²) in [6, 6.07) is 3.76. The molecule has 1 atom stereocenters. The van der Waals surface area contributed by atoms with Gasteiger partial charge >= 0.3 is 0 Å². The SMILES string of the molecule is CC(CCN)c1ccc2c(c1O)OCCCO2. The highest BCUT2D eigenvalue weighted by atomic mass is 16.5. The van der Waals surface area contributed by atoms with E-state index in [-0.39, 0.29) is 11.7 Å². The quantitative estimate of drug-likeness (QED) is 0.844. The van der Waals surface area contributed by atoms with Gasteiger partial charge in [-0.1, -0.05) is 13.0 Å². The molecule has 0 spiro atoms. The maximum absolute atomic E-state index is 10.2. The maximum Gasteiger partial charge on any atom is 0.203 e. The Morgan fingerprint density at radius 2 is 2.12 bits per heavy atom. The smallest absolute Gasteiger partial charge is 0.203 e. The summed E-state index contributed by atoms with van der Waals surface area (Å²) < 4.78 is 11.1. The molecule has 0 amide bonds. The first-order chi connectivity index (χ1) is 8.24. The van der Waals surface area contributed by atoms with E-state index in [2.05, 4.69) is 0 Å². The molecule has 1 aliphatic rings. The van der Waals surface area contributed by atoms with Gasteiger partial charge in [0, 0.05) is 12.0 Å². The summed E-state index contributed by atoms with van der Waals surface area (Å²) >= 11 is 0. The first-order valence-electron chi connectivity index (χ1n) is 6.05. The summed E-state index contributed by atoms with van der Waals surface area (Å²) in [4.78, 5) is 0. The number of phenols is 1. The number of ether oxygens (including phenoxy) is 2. The van der Waals surface area contributed by atoms with Crippen LogP contribution >= 0.6 is 0 Å². The van der Waals surface area contributed by atoms with E-state index in [1.807, 2.05) is 19.1 Å². The van der Waals surface area contributed by atoms with Crippen molar-refractivity contribution >= 4 is 0 Å². The summed E-state index contributed by atoms with van der Waals surface area (Å²) in [6.45, 7) is 3.86. The van der Waals surface area contributed by atoms with Crippen molar-refractivity contribution < 1.29 is 14.6 Å². The van der Waals surface area contributed by atoms with E-state index in [4.69, 9.17) is 15.2 Å². The van der Waals surface area contributed by atoms with E-state index >= 15 is 0 Å². The van der Waals surface area contributed by atoms with Gasteiger partial charge in [0.2, 0.25) is 5.75 Å². The average Bonchev–Trinajstić information content (AvgIpc) is 2.55. The number of nitrogens with two attached hydrogens (primary N) is 1. The van der Waals surface area contributed by atoms with E-state index in [1.54, 1.807) is 0 Å². The maximum atomic E-state index is 10.2. The van der Waals surface area contributed by atoms with Crippen molar-refractivity contribution in [2.45, 2.75) is 25.7 Å². The van der Waals surface area contributed by atoms with Crippen molar-refractivity contribution in [3.05, 3.63) is 17.7 Å². The van der Waals surface area contributed by atoms with E-state index in [1.165, 1.54) is 0 Å². The van der Waals surface area contributed by atoms with Crippen LogP contribution in [0, 0.1) is 0 Å². The molecule has 94 valence electrons. The molecule has 4 heteroatoms. The second kappa shape index (κ2) is 5.27. The van der Waals surface area contributed by atoms with Crippen molar-refractivity contribution in [3.8, 4) is 17.2 Å². The molecule has 1 aliphatic heterocycles. The number of hydrogen-bond acceptors (Lipinski definition) is 4. The van der Waals surface area contributed by atoms with Gasteiger partial charge in [-0.2, -0.15) is 0 Å². The van der Waals surface area contributed by atoms with Crippen molar-refractivity contribution in [1.82, 2.24) is 0 Å². The lowest BCUT2D eigenvalue weighted by Gasteiger charge is -2.16. The van der Waals surface area contributed by atoms with E-state index in [9.17, 15) is 5.11 Å². The molecule has 0 radical (unpaired) electrons. The van der Waals surface area contributed by atoms with Gasteiger partial charge in [0.25, 0.3) is 0 Å². The van der Waals surface area contributed by atoms with Crippen LogP contribution in [-0.2, 0) is 0 Å². The Morgan fingerprint density at radius 3 is 2.88 bits per heavy atom. The van der Waals surface area contributed by atoms with Crippen LogP contribution in [0.1, 0.15) is 31.2 Å². The zero-order valence-corrected chi connectivity index (χ0v) is 10.1. The molecule has 0 aromatic heterocycles. The third-order valence-corrected chi connectivity index (χ3v) is 3.05. The van der Waals surface area contributed by atoms with Crippen LogP contribution in [0.2, 0.25) is 0 Å². The summed E-state index contributed by atoms with van der Waals surface area (Å²) in [7, 11) is 0. The molecule has 1 aromatic rings. The van der Waals surface area contributed by atoms with Crippen LogP contribution in [0.15, 0.2) is 12.1 Å². The predicted octanol–water partition coefficient (Wildman–Crippen LogP) is 2.01. The molecule has 2 rings (SSSR count). The highest BCUT2D eigenvalue weighted by Gasteiger charge is 2.20. The molecule has 1 aromatic carbocycles. The monoisotopic (exact) mass is 237 g/mol. The average molecular weight is 237 g/mol. The first kappa shape index (κ1) is 12.0. The molecule has 0 saturated carbocycles. The zero-order chi connectivity index (χ0) is 12.3. The fourth-order valence-electron chi connectivity index (χ4n) is 2.04. The molecule has 0 bridgehead atoms. The number of phenolic OH excluding ortho intramolecular Hbond substituents is 1. The van der Waals surface area contributed by atoms with Gasteiger partial charge in [0.15, 0.2) is 11.5 Å². The Bertz CT molecular complexity index is 392. The standard InChI is InChI=1S/C13H19NO3/c1-9(5-6-14)10-3-4-11-13(12(10)15)17-8-2-7-16-11/h3-4,9,15H,2,5-8,14H2,1H3. The number of hydrogen-bond donors (Lipinski definition) is 2. The van der Waals surface area contributed by atoms with Gasteiger partial charge in [-0.15, -0.1) is 0 Å². The van der Waals surface area contributed by atoms with Crippen LogP contribution in [0.3, 0.4) is 0 Å². The van der Waals surface area contributed by atoms with Crippen LogP contribution in [-0.4, -0.2) is 24.9 Å². The molecular weight excluding hydrogens is 218 g/mol. The highest BCUT2D eigenvalue weighted by molar-refractivity contribution is 5.56. The molecule has 0 saturated heterocycles. The lowest BCUT2D eigenvalue weighted by atomic mass is 9.96. The van der Waals surface area contributed by atoms with E-state index < -0.39 is 0 Å². The fraction of sp³-hybridized carbons (Fsp3) is 0.538. The number of fused-ring (bicyclic) bond motifs is 1. The second-order valence-corrected chi connectivity index (χ2v) is 4.36. The van der Waals surface area contributed by atoms with Gasteiger partial charge < -0.3 is 20.3 Å². The number of benzene rings is 1. The summed E-state index contributed by atoms with van der Waals surface area (Å²) in [5.74, 6) is 1.52. The summed E-state index contributed by atoms with van der Waals surface area (Å²) in [5.41, 5.74) is 6.42. The lowest BCUT2D eigenvalue weighted by molar-refractivity contribution is 0.291. The molecule has 1 heterocycles. The lowest BCUT2D eigenvalue weighted by Crippen LogP contribution is -2.05. The normalized spacial score (nSPS) is 16.4. The second-order valence-electron chi connectivity index (χ2n) is 4.36.